The molecule has 42 heavy (non-hydrogen) atoms. The number of carbonyl (C=O) groups is 2. The van der Waals surface area contributed by atoms with E-state index in [9.17, 15) is 9.59 Å². The second-order valence-corrected chi connectivity index (χ2v) is 10.3. The topological polar surface area (TPSA) is 76.7 Å². The lowest BCUT2D eigenvalue weighted by atomic mass is 10.1. The summed E-state index contributed by atoms with van der Waals surface area (Å²) in [5.74, 6) is 1.29. The molecule has 4 aromatic rings. The fourth-order valence-electron chi connectivity index (χ4n) is 4.51. The van der Waals surface area contributed by atoms with Crippen LogP contribution in [0.15, 0.2) is 109 Å². The van der Waals surface area contributed by atoms with E-state index in [1.54, 1.807) is 0 Å². The monoisotopic (exact) mass is 564 g/mol. The standard InChI is InChI=1S/C36H40N2O4/c39-35(38-24-22-29-13-5-1-6-14-29)19-11-4-12-23-37-36(40)26-32-20-21-33(41-27-30-15-7-2-8-16-30)34(25-32)42-28-31-17-9-3-10-18-31/h1-3,5-10,13-18,20-21,25H,4,11-12,19,22-24,26-28H2,(H,37,40)(H,38,39). The number of benzene rings is 4. The summed E-state index contributed by atoms with van der Waals surface area (Å²) in [6.07, 6.45) is 4.12. The fourth-order valence-corrected chi connectivity index (χ4v) is 4.51. The van der Waals surface area contributed by atoms with Gasteiger partial charge in [-0.05, 0) is 53.6 Å². The molecule has 0 atom stereocenters. The van der Waals surface area contributed by atoms with Crippen LogP contribution < -0.4 is 20.1 Å². The first-order chi connectivity index (χ1) is 20.7. The highest BCUT2D eigenvalue weighted by atomic mass is 16.5. The highest BCUT2D eigenvalue weighted by Gasteiger charge is 2.11. The van der Waals surface area contributed by atoms with Gasteiger partial charge in [-0.1, -0.05) is 103 Å². The zero-order valence-corrected chi connectivity index (χ0v) is 24.1. The van der Waals surface area contributed by atoms with Crippen molar-refractivity contribution in [3.8, 4) is 11.5 Å². The molecule has 4 rings (SSSR count). The molecule has 0 aliphatic carbocycles. The molecular weight excluding hydrogens is 524 g/mol. The van der Waals surface area contributed by atoms with Crippen molar-refractivity contribution < 1.29 is 19.1 Å². The largest absolute Gasteiger partial charge is 0.485 e. The van der Waals surface area contributed by atoms with Crippen molar-refractivity contribution in [3.63, 3.8) is 0 Å². The van der Waals surface area contributed by atoms with E-state index in [-0.39, 0.29) is 18.2 Å². The molecule has 218 valence electrons. The van der Waals surface area contributed by atoms with E-state index in [1.165, 1.54) is 5.56 Å². The molecule has 2 N–H and O–H groups in total. The van der Waals surface area contributed by atoms with Gasteiger partial charge in [0.15, 0.2) is 11.5 Å². The summed E-state index contributed by atoms with van der Waals surface area (Å²) in [6.45, 7) is 2.07. The van der Waals surface area contributed by atoms with E-state index in [0.29, 0.717) is 44.2 Å². The summed E-state index contributed by atoms with van der Waals surface area (Å²) in [6, 6.07) is 35.8. The molecule has 0 aromatic heterocycles. The minimum absolute atomic E-state index is 0.0411. The summed E-state index contributed by atoms with van der Waals surface area (Å²) >= 11 is 0. The Balaban J connectivity index is 1.17. The Hall–Kier alpha value is -4.58. The van der Waals surface area contributed by atoms with Gasteiger partial charge in [0.2, 0.25) is 11.8 Å². The third-order valence-electron chi connectivity index (χ3n) is 6.83. The van der Waals surface area contributed by atoms with Crippen LogP contribution in [-0.4, -0.2) is 24.9 Å². The zero-order chi connectivity index (χ0) is 29.2. The van der Waals surface area contributed by atoms with Gasteiger partial charge < -0.3 is 20.1 Å². The van der Waals surface area contributed by atoms with E-state index < -0.39 is 0 Å². The van der Waals surface area contributed by atoms with Crippen molar-refractivity contribution in [2.75, 3.05) is 13.1 Å². The van der Waals surface area contributed by atoms with Gasteiger partial charge in [0.25, 0.3) is 0 Å². The Labute approximate surface area is 249 Å². The lowest BCUT2D eigenvalue weighted by Gasteiger charge is -2.15. The fraction of sp³-hybridized carbons (Fsp3) is 0.278. The summed E-state index contributed by atoms with van der Waals surface area (Å²) < 4.78 is 12.2. The summed E-state index contributed by atoms with van der Waals surface area (Å²) in [5.41, 5.74) is 4.20. The second kappa shape index (κ2) is 17.3. The molecule has 0 saturated heterocycles. The quantitative estimate of drug-likeness (QED) is 0.145. The maximum atomic E-state index is 12.6. The molecule has 0 spiro atoms. The minimum Gasteiger partial charge on any atom is -0.485 e. The lowest BCUT2D eigenvalue weighted by Crippen LogP contribution is -2.26. The minimum atomic E-state index is -0.0411. The van der Waals surface area contributed by atoms with Crippen LogP contribution in [0, 0.1) is 0 Å². The predicted octanol–water partition coefficient (Wildman–Crippen LogP) is 6.42. The average molecular weight is 565 g/mol. The molecule has 2 amide bonds. The normalized spacial score (nSPS) is 10.6. The van der Waals surface area contributed by atoms with Gasteiger partial charge in [-0.15, -0.1) is 0 Å². The summed E-state index contributed by atoms with van der Waals surface area (Å²) in [7, 11) is 0. The van der Waals surface area contributed by atoms with Crippen molar-refractivity contribution >= 4 is 11.8 Å². The molecule has 0 fully saturated rings. The van der Waals surface area contributed by atoms with Gasteiger partial charge in [0.05, 0.1) is 6.42 Å². The van der Waals surface area contributed by atoms with E-state index in [2.05, 4.69) is 22.8 Å². The smallest absolute Gasteiger partial charge is 0.224 e. The van der Waals surface area contributed by atoms with E-state index in [0.717, 1.165) is 42.4 Å². The molecule has 0 aliphatic heterocycles. The Bertz CT molecular complexity index is 1360. The van der Waals surface area contributed by atoms with Gasteiger partial charge in [0, 0.05) is 19.5 Å². The Morgan fingerprint density at radius 1 is 0.524 bits per heavy atom. The number of nitrogens with one attached hydrogen (secondary N) is 2. The van der Waals surface area contributed by atoms with Crippen LogP contribution >= 0.6 is 0 Å². The molecule has 0 aliphatic rings. The highest BCUT2D eigenvalue weighted by Crippen LogP contribution is 2.30. The molecule has 0 heterocycles. The summed E-state index contributed by atoms with van der Waals surface area (Å²) in [5, 5.41) is 5.98. The number of unbranched alkanes of at least 4 members (excludes halogenated alkanes) is 2. The van der Waals surface area contributed by atoms with Crippen molar-refractivity contribution in [2.45, 2.75) is 51.7 Å². The van der Waals surface area contributed by atoms with E-state index >= 15 is 0 Å². The third kappa shape index (κ3) is 11.1. The SMILES string of the molecule is O=C(CCCCCNC(=O)Cc1ccc(OCc2ccccc2)c(OCc2ccccc2)c1)NCCc1ccccc1. The predicted molar refractivity (Wildman–Crippen MR) is 166 cm³/mol. The lowest BCUT2D eigenvalue weighted by molar-refractivity contribution is -0.121. The molecule has 0 bridgehead atoms. The van der Waals surface area contributed by atoms with Crippen molar-refractivity contribution in [3.05, 3.63) is 131 Å². The summed E-state index contributed by atoms with van der Waals surface area (Å²) in [4.78, 5) is 24.7. The molecule has 0 radical (unpaired) electrons. The van der Waals surface area contributed by atoms with Gasteiger partial charge in [0.1, 0.15) is 13.2 Å². The van der Waals surface area contributed by atoms with Crippen molar-refractivity contribution in [2.24, 2.45) is 0 Å². The Morgan fingerprint density at radius 3 is 1.74 bits per heavy atom. The van der Waals surface area contributed by atoms with Crippen LogP contribution in [0.25, 0.3) is 0 Å². The first-order valence-corrected chi connectivity index (χ1v) is 14.7. The van der Waals surface area contributed by atoms with E-state index in [4.69, 9.17) is 9.47 Å². The third-order valence-corrected chi connectivity index (χ3v) is 6.83. The van der Waals surface area contributed by atoms with Gasteiger partial charge in [-0.2, -0.15) is 0 Å². The number of ether oxygens (including phenoxy) is 2. The first-order valence-electron chi connectivity index (χ1n) is 14.7. The van der Waals surface area contributed by atoms with Crippen LogP contribution in [0.4, 0.5) is 0 Å². The number of hydrogen-bond acceptors (Lipinski definition) is 4. The average Bonchev–Trinajstić information content (AvgIpc) is 3.02. The van der Waals surface area contributed by atoms with Gasteiger partial charge >= 0.3 is 0 Å². The maximum absolute atomic E-state index is 12.6. The van der Waals surface area contributed by atoms with Gasteiger partial charge in [-0.3, -0.25) is 9.59 Å². The Kier molecular flexibility index (Phi) is 12.5. The number of hydrogen-bond donors (Lipinski definition) is 2. The molecule has 0 saturated carbocycles. The van der Waals surface area contributed by atoms with Crippen molar-refractivity contribution in [1.82, 2.24) is 10.6 Å². The highest BCUT2D eigenvalue weighted by molar-refractivity contribution is 5.78. The van der Waals surface area contributed by atoms with Crippen LogP contribution in [0.2, 0.25) is 0 Å². The van der Waals surface area contributed by atoms with Crippen LogP contribution in [-0.2, 0) is 35.6 Å². The second-order valence-electron chi connectivity index (χ2n) is 10.3. The Morgan fingerprint density at radius 2 is 1.10 bits per heavy atom. The zero-order valence-electron chi connectivity index (χ0n) is 24.1. The number of amides is 2. The van der Waals surface area contributed by atoms with Crippen molar-refractivity contribution in [1.29, 1.82) is 0 Å². The number of carbonyl (C=O) groups excluding carboxylic acids is 2. The van der Waals surface area contributed by atoms with E-state index in [1.807, 2.05) is 97.1 Å². The number of rotatable bonds is 17. The molecule has 4 aromatic carbocycles. The molecule has 0 unspecified atom stereocenters. The van der Waals surface area contributed by atoms with Crippen LogP contribution in [0.3, 0.4) is 0 Å². The molecule has 6 nitrogen and oxygen atoms in total. The molecular formula is C36H40N2O4. The van der Waals surface area contributed by atoms with Gasteiger partial charge in [-0.25, -0.2) is 0 Å². The van der Waals surface area contributed by atoms with Crippen LogP contribution in [0.5, 0.6) is 11.5 Å². The maximum Gasteiger partial charge on any atom is 0.224 e. The van der Waals surface area contributed by atoms with Crippen LogP contribution in [0.1, 0.15) is 47.9 Å². The first kappa shape index (κ1) is 30.4. The molecule has 6 heteroatoms.